The Morgan fingerprint density at radius 3 is 2.33 bits per heavy atom. The minimum atomic E-state index is 0.741. The van der Waals surface area contributed by atoms with Crippen LogP contribution in [0.3, 0.4) is 0 Å². The lowest BCUT2D eigenvalue weighted by Crippen LogP contribution is -2.26. The average molecular weight is 273 g/mol. The van der Waals surface area contributed by atoms with E-state index in [0.29, 0.717) is 0 Å². The molecule has 0 bridgehead atoms. The van der Waals surface area contributed by atoms with Crippen molar-refractivity contribution in [2.45, 2.75) is 25.3 Å². The molecule has 1 fully saturated rings. The monoisotopic (exact) mass is 273 g/mol. The molecular weight excluding hydrogens is 261 g/mol. The number of hydrogen-bond acceptors (Lipinski definition) is 1. The van der Waals surface area contributed by atoms with E-state index in [-0.39, 0.29) is 0 Å². The SMILES string of the molecule is Ic1ccc(NC2CCC2)cc1. The van der Waals surface area contributed by atoms with Gasteiger partial charge in [0.15, 0.2) is 0 Å². The summed E-state index contributed by atoms with van der Waals surface area (Å²) in [5.41, 5.74) is 1.26. The third kappa shape index (κ3) is 1.91. The van der Waals surface area contributed by atoms with E-state index in [0.717, 1.165) is 6.04 Å². The van der Waals surface area contributed by atoms with Gasteiger partial charge in [-0.2, -0.15) is 0 Å². The lowest BCUT2D eigenvalue weighted by molar-refractivity contribution is 0.445. The van der Waals surface area contributed by atoms with Crippen LogP contribution >= 0.6 is 22.6 Å². The van der Waals surface area contributed by atoms with Crippen molar-refractivity contribution in [1.82, 2.24) is 0 Å². The van der Waals surface area contributed by atoms with E-state index in [1.807, 2.05) is 0 Å². The Morgan fingerprint density at radius 2 is 1.83 bits per heavy atom. The number of anilines is 1. The molecule has 1 aliphatic carbocycles. The molecule has 0 atom stereocenters. The molecule has 64 valence electrons. The molecule has 0 unspecified atom stereocenters. The molecule has 12 heavy (non-hydrogen) atoms. The van der Waals surface area contributed by atoms with Crippen LogP contribution < -0.4 is 5.32 Å². The second kappa shape index (κ2) is 3.64. The Kier molecular flexibility index (Phi) is 2.54. The van der Waals surface area contributed by atoms with Crippen LogP contribution in [0.1, 0.15) is 19.3 Å². The molecule has 1 aliphatic rings. The molecule has 2 rings (SSSR count). The molecule has 0 aliphatic heterocycles. The zero-order valence-electron chi connectivity index (χ0n) is 6.89. The van der Waals surface area contributed by atoms with Gasteiger partial charge in [0.25, 0.3) is 0 Å². The zero-order chi connectivity index (χ0) is 8.39. The maximum atomic E-state index is 3.50. The minimum absolute atomic E-state index is 0.741. The van der Waals surface area contributed by atoms with Crippen LogP contribution in [0, 0.1) is 3.57 Å². The molecule has 0 heterocycles. The summed E-state index contributed by atoms with van der Waals surface area (Å²) in [7, 11) is 0. The van der Waals surface area contributed by atoms with Gasteiger partial charge in [-0.05, 0) is 66.1 Å². The van der Waals surface area contributed by atoms with Crippen LogP contribution in [0.4, 0.5) is 5.69 Å². The average Bonchev–Trinajstić information content (AvgIpc) is 2.00. The van der Waals surface area contributed by atoms with Crippen LogP contribution in [-0.2, 0) is 0 Å². The van der Waals surface area contributed by atoms with Crippen molar-refractivity contribution in [2.75, 3.05) is 5.32 Å². The highest BCUT2D eigenvalue weighted by Gasteiger charge is 2.16. The highest BCUT2D eigenvalue weighted by Crippen LogP contribution is 2.23. The molecule has 1 aromatic carbocycles. The highest BCUT2D eigenvalue weighted by molar-refractivity contribution is 14.1. The van der Waals surface area contributed by atoms with Crippen LogP contribution in [0.5, 0.6) is 0 Å². The lowest BCUT2D eigenvalue weighted by Gasteiger charge is -2.27. The molecule has 1 aromatic rings. The van der Waals surface area contributed by atoms with E-state index in [4.69, 9.17) is 0 Å². The van der Waals surface area contributed by atoms with Crippen molar-refractivity contribution in [2.24, 2.45) is 0 Å². The third-order valence-corrected chi connectivity index (χ3v) is 3.04. The largest absolute Gasteiger partial charge is 0.382 e. The molecule has 0 saturated heterocycles. The second-order valence-corrected chi connectivity index (χ2v) is 4.52. The second-order valence-electron chi connectivity index (χ2n) is 3.28. The zero-order valence-corrected chi connectivity index (χ0v) is 9.04. The molecule has 0 aromatic heterocycles. The molecule has 1 N–H and O–H groups in total. The van der Waals surface area contributed by atoms with Crippen molar-refractivity contribution in [3.8, 4) is 0 Å². The van der Waals surface area contributed by atoms with E-state index < -0.39 is 0 Å². The van der Waals surface area contributed by atoms with E-state index >= 15 is 0 Å². The summed E-state index contributed by atoms with van der Waals surface area (Å²) in [5, 5.41) is 3.50. The van der Waals surface area contributed by atoms with Crippen LogP contribution in [0.15, 0.2) is 24.3 Å². The quantitative estimate of drug-likeness (QED) is 0.815. The predicted molar refractivity (Wildman–Crippen MR) is 60.4 cm³/mol. The van der Waals surface area contributed by atoms with Crippen molar-refractivity contribution < 1.29 is 0 Å². The molecule has 0 amide bonds. The molecular formula is C10H12IN. The first-order valence-corrected chi connectivity index (χ1v) is 5.44. The van der Waals surface area contributed by atoms with Crippen LogP contribution in [0.2, 0.25) is 0 Å². The van der Waals surface area contributed by atoms with E-state index in [1.54, 1.807) is 0 Å². The molecule has 2 heteroatoms. The Hall–Kier alpha value is -0.250. The van der Waals surface area contributed by atoms with Gasteiger partial charge in [0.1, 0.15) is 0 Å². The molecule has 1 nitrogen and oxygen atoms in total. The van der Waals surface area contributed by atoms with Crippen molar-refractivity contribution in [1.29, 1.82) is 0 Å². The van der Waals surface area contributed by atoms with Gasteiger partial charge in [-0.1, -0.05) is 0 Å². The minimum Gasteiger partial charge on any atom is -0.382 e. The van der Waals surface area contributed by atoms with Gasteiger partial charge in [-0.25, -0.2) is 0 Å². The van der Waals surface area contributed by atoms with Gasteiger partial charge < -0.3 is 5.32 Å². The van der Waals surface area contributed by atoms with Gasteiger partial charge in [0, 0.05) is 15.3 Å². The summed E-state index contributed by atoms with van der Waals surface area (Å²) in [5.74, 6) is 0. The summed E-state index contributed by atoms with van der Waals surface area (Å²) < 4.78 is 1.30. The van der Waals surface area contributed by atoms with Crippen molar-refractivity contribution in [3.63, 3.8) is 0 Å². The Morgan fingerprint density at radius 1 is 1.17 bits per heavy atom. The summed E-state index contributed by atoms with van der Waals surface area (Å²) in [4.78, 5) is 0. The summed E-state index contributed by atoms with van der Waals surface area (Å²) in [6, 6.07) is 9.33. The maximum absolute atomic E-state index is 3.50. The Balaban J connectivity index is 1.98. The van der Waals surface area contributed by atoms with Gasteiger partial charge in [-0.15, -0.1) is 0 Å². The number of halogens is 1. The first-order valence-electron chi connectivity index (χ1n) is 4.37. The number of benzene rings is 1. The van der Waals surface area contributed by atoms with E-state index in [1.165, 1.54) is 28.5 Å². The topological polar surface area (TPSA) is 12.0 Å². The Labute approximate surface area is 86.7 Å². The van der Waals surface area contributed by atoms with Crippen molar-refractivity contribution >= 4 is 28.3 Å². The van der Waals surface area contributed by atoms with Gasteiger partial charge >= 0.3 is 0 Å². The normalized spacial score (nSPS) is 17.1. The maximum Gasteiger partial charge on any atom is 0.0343 e. The first kappa shape index (κ1) is 8.35. The lowest BCUT2D eigenvalue weighted by atomic mass is 9.93. The van der Waals surface area contributed by atoms with Gasteiger partial charge in [0.05, 0.1) is 0 Å². The summed E-state index contributed by atoms with van der Waals surface area (Å²) >= 11 is 2.33. The number of rotatable bonds is 2. The fourth-order valence-electron chi connectivity index (χ4n) is 1.33. The van der Waals surface area contributed by atoms with Gasteiger partial charge in [-0.3, -0.25) is 0 Å². The van der Waals surface area contributed by atoms with Gasteiger partial charge in [0.2, 0.25) is 0 Å². The molecule has 0 spiro atoms. The summed E-state index contributed by atoms with van der Waals surface area (Å²) in [6.45, 7) is 0. The summed E-state index contributed by atoms with van der Waals surface area (Å²) in [6.07, 6.45) is 4.07. The predicted octanol–water partition coefficient (Wildman–Crippen LogP) is 3.26. The fraction of sp³-hybridized carbons (Fsp3) is 0.400. The Bertz CT molecular complexity index is 251. The smallest absolute Gasteiger partial charge is 0.0343 e. The highest BCUT2D eigenvalue weighted by atomic mass is 127. The number of nitrogens with one attached hydrogen (secondary N) is 1. The van der Waals surface area contributed by atoms with E-state index in [2.05, 4.69) is 52.2 Å². The third-order valence-electron chi connectivity index (χ3n) is 2.32. The fourth-order valence-corrected chi connectivity index (χ4v) is 1.69. The molecule has 0 radical (unpaired) electrons. The van der Waals surface area contributed by atoms with Crippen molar-refractivity contribution in [3.05, 3.63) is 27.8 Å². The standard InChI is InChI=1S/C10H12IN/c11-8-4-6-10(7-5-8)12-9-2-1-3-9/h4-7,9,12H,1-3H2. The molecule has 1 saturated carbocycles. The van der Waals surface area contributed by atoms with Crippen LogP contribution in [0.25, 0.3) is 0 Å². The first-order chi connectivity index (χ1) is 5.84. The number of hydrogen-bond donors (Lipinski definition) is 1. The van der Waals surface area contributed by atoms with E-state index in [9.17, 15) is 0 Å². The van der Waals surface area contributed by atoms with Crippen LogP contribution in [-0.4, -0.2) is 6.04 Å².